The molecule has 1 rings (SSSR count). The van der Waals surface area contributed by atoms with Gasteiger partial charge < -0.3 is 14.4 Å². The van der Waals surface area contributed by atoms with Gasteiger partial charge in [-0.1, -0.05) is 49.4 Å². The number of hydrogen-bond acceptors (Lipinski definition) is 5. The number of hydrogen-bond donors (Lipinski definition) is 0. The lowest BCUT2D eigenvalue weighted by atomic mass is 10.1. The van der Waals surface area contributed by atoms with Crippen molar-refractivity contribution in [2.75, 3.05) is 32.8 Å². The quantitative estimate of drug-likeness (QED) is 0.186. The zero-order chi connectivity index (χ0) is 26.4. The van der Waals surface area contributed by atoms with Crippen molar-refractivity contribution < 1.29 is 23.9 Å². The summed E-state index contributed by atoms with van der Waals surface area (Å²) in [6.07, 6.45) is 0.563. The third kappa shape index (κ3) is 11.6. The van der Waals surface area contributed by atoms with Gasteiger partial charge in [0.2, 0.25) is 0 Å². The molecular formula is C27H45N3O5. The summed E-state index contributed by atoms with van der Waals surface area (Å²) < 4.78 is 11.3. The number of nitrogens with zero attached hydrogens (tertiary/aromatic N) is 3. The fourth-order valence-corrected chi connectivity index (χ4v) is 3.25. The van der Waals surface area contributed by atoms with Crippen LogP contribution >= 0.6 is 0 Å². The second kappa shape index (κ2) is 15.4. The molecular weight excluding hydrogens is 446 g/mol. The molecule has 1 aromatic carbocycles. The minimum Gasteiger partial charge on any atom is -0.442 e. The number of ether oxygens (including phenoxy) is 2. The Kier molecular flexibility index (Phi) is 13.4. The van der Waals surface area contributed by atoms with Crippen molar-refractivity contribution in [2.45, 2.75) is 79.7 Å². The van der Waals surface area contributed by atoms with Gasteiger partial charge in [0.1, 0.15) is 18.4 Å². The van der Waals surface area contributed by atoms with E-state index in [9.17, 15) is 9.59 Å². The number of rotatable bonds is 14. The Bertz CT molecular complexity index is 779. The summed E-state index contributed by atoms with van der Waals surface area (Å²) in [5.41, 5.74) is 1.34. The summed E-state index contributed by atoms with van der Waals surface area (Å²) in [6, 6.07) is 9.43. The number of urea groups is 1. The average Bonchev–Trinajstić information content (AvgIpc) is 2.80. The van der Waals surface area contributed by atoms with Crippen LogP contribution in [-0.2, 0) is 20.9 Å². The van der Waals surface area contributed by atoms with Crippen molar-refractivity contribution in [1.82, 2.24) is 14.9 Å². The summed E-state index contributed by atoms with van der Waals surface area (Å²) >= 11 is 0. The number of amides is 3. The van der Waals surface area contributed by atoms with Crippen molar-refractivity contribution in [3.8, 4) is 0 Å². The van der Waals surface area contributed by atoms with Gasteiger partial charge in [-0.3, -0.25) is 9.74 Å². The molecule has 0 bridgehead atoms. The first-order valence-corrected chi connectivity index (χ1v) is 12.5. The lowest BCUT2D eigenvalue weighted by Crippen LogP contribution is -2.51. The highest BCUT2D eigenvalue weighted by Crippen LogP contribution is 2.14. The minimum absolute atomic E-state index is 0.129. The number of benzene rings is 1. The normalized spacial score (nSPS) is 12.1. The van der Waals surface area contributed by atoms with Crippen LogP contribution in [0, 0.1) is 0 Å². The van der Waals surface area contributed by atoms with Crippen molar-refractivity contribution in [2.24, 2.45) is 0 Å². The minimum atomic E-state index is -0.680. The Morgan fingerprint density at radius 3 is 2.23 bits per heavy atom. The molecule has 0 heterocycles. The molecule has 0 aliphatic carbocycles. The van der Waals surface area contributed by atoms with Gasteiger partial charge in [0.25, 0.3) is 0 Å². The van der Waals surface area contributed by atoms with Crippen molar-refractivity contribution >= 4 is 12.1 Å². The smallest absolute Gasteiger partial charge is 0.434 e. The van der Waals surface area contributed by atoms with Crippen LogP contribution in [0.2, 0.25) is 0 Å². The molecule has 3 amide bonds. The highest BCUT2D eigenvalue weighted by Gasteiger charge is 2.28. The van der Waals surface area contributed by atoms with Crippen LogP contribution in [0.4, 0.5) is 9.59 Å². The van der Waals surface area contributed by atoms with Gasteiger partial charge in [-0.15, -0.1) is 0 Å². The van der Waals surface area contributed by atoms with E-state index >= 15 is 0 Å². The van der Waals surface area contributed by atoms with E-state index in [0.717, 1.165) is 24.0 Å². The summed E-state index contributed by atoms with van der Waals surface area (Å²) in [4.78, 5) is 35.6. The van der Waals surface area contributed by atoms with Gasteiger partial charge in [0.15, 0.2) is 0 Å². The topological polar surface area (TPSA) is 71.6 Å². The molecule has 0 saturated heterocycles. The van der Waals surface area contributed by atoms with E-state index in [-0.39, 0.29) is 25.7 Å². The van der Waals surface area contributed by atoms with E-state index in [1.54, 1.807) is 30.6 Å². The Morgan fingerprint density at radius 2 is 1.69 bits per heavy atom. The molecule has 0 fully saturated rings. The fraction of sp³-hybridized carbons (Fsp3) is 0.630. The van der Waals surface area contributed by atoms with E-state index in [2.05, 4.69) is 13.5 Å². The SMILES string of the molecule is C=C(CC)CCN(CC)C(=O)N(CCN(OCc1ccccc1)C(=O)OC(C)(C)C)C(C)OCC. The van der Waals surface area contributed by atoms with Gasteiger partial charge in [-0.05, 0) is 59.9 Å². The van der Waals surface area contributed by atoms with Crippen molar-refractivity contribution in [3.05, 3.63) is 48.0 Å². The average molecular weight is 492 g/mol. The molecule has 35 heavy (non-hydrogen) atoms. The Labute approximate surface area is 211 Å². The molecule has 1 aromatic rings. The molecule has 8 nitrogen and oxygen atoms in total. The first-order valence-electron chi connectivity index (χ1n) is 12.5. The van der Waals surface area contributed by atoms with Crippen LogP contribution < -0.4 is 0 Å². The third-order valence-electron chi connectivity index (χ3n) is 5.35. The Balaban J connectivity index is 3.00. The van der Waals surface area contributed by atoms with Gasteiger partial charge in [-0.25, -0.2) is 9.59 Å². The zero-order valence-electron chi connectivity index (χ0n) is 22.7. The van der Waals surface area contributed by atoms with Gasteiger partial charge in [0, 0.05) is 26.2 Å². The van der Waals surface area contributed by atoms with Crippen molar-refractivity contribution in [3.63, 3.8) is 0 Å². The monoisotopic (exact) mass is 491 g/mol. The van der Waals surface area contributed by atoms with Crippen LogP contribution in [0.15, 0.2) is 42.5 Å². The molecule has 0 spiro atoms. The largest absolute Gasteiger partial charge is 0.442 e. The number of carbonyl (C=O) groups excluding carboxylic acids is 2. The highest BCUT2D eigenvalue weighted by atomic mass is 16.7. The summed E-state index contributed by atoms with van der Waals surface area (Å²) in [5, 5.41) is 1.19. The van der Waals surface area contributed by atoms with Crippen LogP contribution in [-0.4, -0.2) is 71.6 Å². The van der Waals surface area contributed by atoms with Crippen LogP contribution in [0.3, 0.4) is 0 Å². The standard InChI is InChI=1S/C27H45N3O5/c1-9-22(4)17-18-28(10-2)25(31)29(23(5)33-11-3)19-20-30(26(32)35-27(6,7)8)34-21-24-15-13-12-14-16-24/h12-16,23H,4,9-11,17-21H2,1-3,5-8H3. The van der Waals surface area contributed by atoms with Crippen LogP contribution in [0.25, 0.3) is 0 Å². The second-order valence-corrected chi connectivity index (χ2v) is 9.31. The molecule has 0 N–H and O–H groups in total. The van der Waals surface area contributed by atoms with Crippen LogP contribution in [0.5, 0.6) is 0 Å². The molecule has 1 unspecified atom stereocenters. The Morgan fingerprint density at radius 1 is 1.03 bits per heavy atom. The van der Waals surface area contributed by atoms with E-state index in [1.807, 2.05) is 51.1 Å². The fourth-order valence-electron chi connectivity index (χ4n) is 3.25. The van der Waals surface area contributed by atoms with Gasteiger partial charge in [-0.2, -0.15) is 5.06 Å². The molecule has 1 atom stereocenters. The molecule has 0 radical (unpaired) electrons. The Hall–Kier alpha value is -2.58. The van der Waals surface area contributed by atoms with E-state index in [4.69, 9.17) is 14.3 Å². The number of hydroxylamine groups is 2. The molecule has 0 saturated carbocycles. The maximum Gasteiger partial charge on any atom is 0.434 e. The predicted octanol–water partition coefficient (Wildman–Crippen LogP) is 5.84. The van der Waals surface area contributed by atoms with Crippen molar-refractivity contribution in [1.29, 1.82) is 0 Å². The third-order valence-corrected chi connectivity index (χ3v) is 5.35. The summed E-state index contributed by atoms with van der Waals surface area (Å²) in [7, 11) is 0. The first kappa shape index (κ1) is 30.5. The molecule has 0 aliphatic heterocycles. The molecule has 8 heteroatoms. The molecule has 0 aliphatic rings. The maximum atomic E-state index is 13.4. The first-order chi connectivity index (χ1) is 16.5. The predicted molar refractivity (Wildman–Crippen MR) is 139 cm³/mol. The van der Waals surface area contributed by atoms with E-state index in [1.165, 1.54) is 5.06 Å². The zero-order valence-corrected chi connectivity index (χ0v) is 22.7. The van der Waals surface area contributed by atoms with Crippen LogP contribution in [0.1, 0.15) is 66.9 Å². The van der Waals surface area contributed by atoms with Gasteiger partial charge in [0.05, 0.1) is 6.54 Å². The summed E-state index contributed by atoms with van der Waals surface area (Å²) in [5.74, 6) is 0. The molecule has 0 aromatic heterocycles. The second-order valence-electron chi connectivity index (χ2n) is 9.31. The molecule has 198 valence electrons. The summed E-state index contributed by atoms with van der Waals surface area (Å²) in [6.45, 7) is 19.3. The maximum absolute atomic E-state index is 13.4. The highest BCUT2D eigenvalue weighted by molar-refractivity contribution is 5.74. The van der Waals surface area contributed by atoms with E-state index in [0.29, 0.717) is 19.7 Å². The number of carbonyl (C=O) groups is 2. The lowest BCUT2D eigenvalue weighted by molar-refractivity contribution is -0.160. The van der Waals surface area contributed by atoms with Gasteiger partial charge >= 0.3 is 12.1 Å². The lowest BCUT2D eigenvalue weighted by Gasteiger charge is -2.35. The van der Waals surface area contributed by atoms with E-state index < -0.39 is 17.9 Å².